The summed E-state index contributed by atoms with van der Waals surface area (Å²) in [5.41, 5.74) is 7.14. The molecule has 0 spiro atoms. The van der Waals surface area contributed by atoms with Crippen LogP contribution in [0.15, 0.2) is 24.5 Å². The van der Waals surface area contributed by atoms with Gasteiger partial charge in [0.1, 0.15) is 0 Å². The van der Waals surface area contributed by atoms with E-state index >= 15 is 0 Å². The molecule has 1 aliphatic carbocycles. The average Bonchev–Trinajstić information content (AvgIpc) is 2.83. The summed E-state index contributed by atoms with van der Waals surface area (Å²) in [4.78, 5) is 0. The number of hydrogen-bond acceptors (Lipinski definition) is 3. The Labute approximate surface area is 116 Å². The lowest BCUT2D eigenvalue weighted by atomic mass is 9.85. The Morgan fingerprint density at radius 2 is 2.25 bits per heavy atom. The van der Waals surface area contributed by atoms with Crippen LogP contribution in [0.2, 0.25) is 0 Å². The highest BCUT2D eigenvalue weighted by molar-refractivity contribution is 5.72. The number of nitrogen functional groups attached to an aromatic ring is 1. The van der Waals surface area contributed by atoms with Crippen LogP contribution < -0.4 is 11.2 Å². The number of aromatic nitrogens is 2. The van der Waals surface area contributed by atoms with Crippen molar-refractivity contribution in [3.8, 4) is 11.1 Å². The minimum absolute atomic E-state index is 0.0887. The summed E-state index contributed by atoms with van der Waals surface area (Å²) < 4.78 is 16.1. The third kappa shape index (κ3) is 2.28. The van der Waals surface area contributed by atoms with Crippen molar-refractivity contribution in [3.63, 3.8) is 0 Å². The standard InChI is InChI=1S/C14H17FN4O/c15-13-11(4-5-12(16)14(13)18-20)10-6-17-19(8-10)7-9-2-1-3-9/h4-6,8-9H,1-3,7,16,18H2. The smallest absolute Gasteiger partial charge is 0.194 e. The number of anilines is 1. The van der Waals surface area contributed by atoms with E-state index in [1.807, 2.05) is 10.9 Å². The molecule has 0 amide bonds. The summed E-state index contributed by atoms with van der Waals surface area (Å²) in [5.74, 6) is 0.104. The number of hydrogen-bond donors (Lipinski definition) is 2. The van der Waals surface area contributed by atoms with E-state index in [0.717, 1.165) is 6.54 Å². The van der Waals surface area contributed by atoms with Gasteiger partial charge in [0.15, 0.2) is 11.5 Å². The number of nitrogens with zero attached hydrogens (tertiary/aromatic N) is 2. The highest BCUT2D eigenvalue weighted by atomic mass is 19.1. The number of halogens is 1. The Hall–Kier alpha value is -1.92. The molecule has 20 heavy (non-hydrogen) atoms. The van der Waals surface area contributed by atoms with Gasteiger partial charge >= 0.3 is 0 Å². The monoisotopic (exact) mass is 276 g/mol. The summed E-state index contributed by atoms with van der Waals surface area (Å²) in [6.45, 7) is 0.872. The lowest BCUT2D eigenvalue weighted by molar-refractivity contribution is -0.498. The molecule has 0 bridgehead atoms. The second-order valence-corrected chi connectivity index (χ2v) is 5.30. The van der Waals surface area contributed by atoms with Gasteiger partial charge in [-0.1, -0.05) is 6.42 Å². The van der Waals surface area contributed by atoms with Crippen molar-refractivity contribution in [2.24, 2.45) is 5.92 Å². The van der Waals surface area contributed by atoms with Crippen LogP contribution in [0.4, 0.5) is 15.8 Å². The predicted octanol–water partition coefficient (Wildman–Crippen LogP) is 1.76. The van der Waals surface area contributed by atoms with Crippen molar-refractivity contribution < 1.29 is 9.87 Å². The Kier molecular flexibility index (Phi) is 3.42. The number of benzene rings is 1. The molecule has 1 aromatic carbocycles. The maximum Gasteiger partial charge on any atom is 0.194 e. The van der Waals surface area contributed by atoms with Gasteiger partial charge in [-0.05, 0) is 30.9 Å². The molecule has 1 aliphatic rings. The Morgan fingerprint density at radius 3 is 2.90 bits per heavy atom. The fourth-order valence-corrected chi connectivity index (χ4v) is 2.49. The van der Waals surface area contributed by atoms with Crippen LogP contribution in [-0.2, 0) is 6.54 Å². The van der Waals surface area contributed by atoms with Gasteiger partial charge in [0.05, 0.1) is 11.9 Å². The molecule has 6 heteroatoms. The van der Waals surface area contributed by atoms with Crippen LogP contribution in [0.1, 0.15) is 19.3 Å². The zero-order valence-electron chi connectivity index (χ0n) is 11.1. The van der Waals surface area contributed by atoms with E-state index in [0.29, 0.717) is 22.5 Å². The quantitative estimate of drug-likeness (QED) is 0.659. The van der Waals surface area contributed by atoms with Gasteiger partial charge in [-0.25, -0.2) is 0 Å². The summed E-state index contributed by atoms with van der Waals surface area (Å²) in [5, 5.41) is 15.2. The Morgan fingerprint density at radius 1 is 1.45 bits per heavy atom. The Balaban J connectivity index is 1.88. The third-order valence-corrected chi connectivity index (χ3v) is 3.95. The molecule has 1 saturated carbocycles. The summed E-state index contributed by atoms with van der Waals surface area (Å²) in [6, 6.07) is 3.13. The lowest BCUT2D eigenvalue weighted by Crippen LogP contribution is -2.71. The fraction of sp³-hybridized carbons (Fsp3) is 0.357. The average molecular weight is 276 g/mol. The minimum Gasteiger partial charge on any atom is -0.630 e. The van der Waals surface area contributed by atoms with Crippen LogP contribution in [-0.4, -0.2) is 9.78 Å². The van der Waals surface area contributed by atoms with E-state index < -0.39 is 5.82 Å². The van der Waals surface area contributed by atoms with E-state index in [1.165, 1.54) is 19.3 Å². The molecule has 5 nitrogen and oxygen atoms in total. The van der Waals surface area contributed by atoms with E-state index in [4.69, 9.17) is 5.73 Å². The maximum absolute atomic E-state index is 14.2. The van der Waals surface area contributed by atoms with Crippen LogP contribution >= 0.6 is 0 Å². The summed E-state index contributed by atoms with van der Waals surface area (Å²) in [7, 11) is 0. The van der Waals surface area contributed by atoms with E-state index in [2.05, 4.69) is 5.10 Å². The highest BCUT2D eigenvalue weighted by Crippen LogP contribution is 2.31. The van der Waals surface area contributed by atoms with Gasteiger partial charge in [-0.2, -0.15) is 9.49 Å². The molecule has 1 fully saturated rings. The van der Waals surface area contributed by atoms with E-state index in [1.54, 1.807) is 18.3 Å². The first-order chi connectivity index (χ1) is 9.69. The van der Waals surface area contributed by atoms with Gasteiger partial charge in [-0.3, -0.25) is 4.68 Å². The van der Waals surface area contributed by atoms with Crippen LogP contribution in [0.3, 0.4) is 0 Å². The zero-order chi connectivity index (χ0) is 14.1. The van der Waals surface area contributed by atoms with E-state index in [-0.39, 0.29) is 11.4 Å². The molecule has 4 N–H and O–H groups in total. The van der Waals surface area contributed by atoms with Crippen LogP contribution in [0, 0.1) is 16.9 Å². The van der Waals surface area contributed by atoms with Crippen molar-refractivity contribution in [1.29, 1.82) is 0 Å². The topological polar surface area (TPSA) is 83.5 Å². The highest BCUT2D eigenvalue weighted by Gasteiger charge is 2.19. The fourth-order valence-electron chi connectivity index (χ4n) is 2.49. The molecule has 106 valence electrons. The largest absolute Gasteiger partial charge is 0.630 e. The normalized spacial score (nSPS) is 15.3. The zero-order valence-corrected chi connectivity index (χ0v) is 11.1. The predicted molar refractivity (Wildman–Crippen MR) is 74.3 cm³/mol. The van der Waals surface area contributed by atoms with Crippen LogP contribution in [0.25, 0.3) is 11.1 Å². The van der Waals surface area contributed by atoms with E-state index in [9.17, 15) is 9.60 Å². The number of rotatable bonds is 4. The lowest BCUT2D eigenvalue weighted by Gasteiger charge is -2.24. The van der Waals surface area contributed by atoms with Crippen molar-refractivity contribution in [3.05, 3.63) is 35.6 Å². The summed E-state index contributed by atoms with van der Waals surface area (Å²) >= 11 is 0. The number of quaternary nitrogens is 1. The van der Waals surface area contributed by atoms with Gasteiger partial charge in [0, 0.05) is 23.9 Å². The van der Waals surface area contributed by atoms with Gasteiger partial charge < -0.3 is 16.4 Å². The second-order valence-electron chi connectivity index (χ2n) is 5.30. The first kappa shape index (κ1) is 13.1. The minimum atomic E-state index is -0.580. The van der Waals surface area contributed by atoms with Crippen molar-refractivity contribution in [1.82, 2.24) is 9.78 Å². The Bertz CT molecular complexity index is 622. The molecule has 3 rings (SSSR count). The molecule has 0 aliphatic heterocycles. The first-order valence-corrected chi connectivity index (χ1v) is 6.75. The van der Waals surface area contributed by atoms with Crippen molar-refractivity contribution >= 4 is 11.4 Å². The molecule has 0 unspecified atom stereocenters. The molecule has 0 radical (unpaired) electrons. The second kappa shape index (κ2) is 5.22. The molecule has 1 aromatic heterocycles. The molecular weight excluding hydrogens is 259 g/mol. The maximum atomic E-state index is 14.2. The summed E-state index contributed by atoms with van der Waals surface area (Å²) in [6.07, 6.45) is 7.21. The van der Waals surface area contributed by atoms with Crippen LogP contribution in [0.5, 0.6) is 0 Å². The van der Waals surface area contributed by atoms with Gasteiger partial charge in [0.25, 0.3) is 0 Å². The van der Waals surface area contributed by atoms with Crippen molar-refractivity contribution in [2.75, 3.05) is 5.73 Å². The molecule has 0 saturated heterocycles. The SMILES string of the molecule is Nc1ccc(-c2cnn(CC3CCC3)c2)c(F)c1[NH2+][O-]. The molecule has 0 atom stereocenters. The van der Waals surface area contributed by atoms with Gasteiger partial charge in [-0.15, -0.1) is 0 Å². The first-order valence-electron chi connectivity index (χ1n) is 6.75. The number of nitrogens with two attached hydrogens (primary N) is 2. The third-order valence-electron chi connectivity index (χ3n) is 3.95. The van der Waals surface area contributed by atoms with Crippen molar-refractivity contribution in [2.45, 2.75) is 25.8 Å². The molecule has 2 aromatic rings. The molecule has 1 heterocycles. The van der Waals surface area contributed by atoms with Gasteiger partial charge in [0.2, 0.25) is 0 Å². The molecular formula is C14H17FN4O.